The topological polar surface area (TPSA) is 43.7 Å². The van der Waals surface area contributed by atoms with Gasteiger partial charge in [0.15, 0.2) is 11.5 Å². The Balaban J connectivity index is 3.19. The Hall–Kier alpha value is -1.59. The van der Waals surface area contributed by atoms with Crippen LogP contribution < -0.4 is 4.90 Å². The van der Waals surface area contributed by atoms with Crippen LogP contribution in [0.15, 0.2) is 18.2 Å². The highest BCUT2D eigenvalue weighted by Gasteiger charge is 2.37. The Labute approximate surface area is 84.4 Å². The van der Waals surface area contributed by atoms with E-state index >= 15 is 0 Å². The second-order valence-corrected chi connectivity index (χ2v) is 2.86. The number of halogens is 3. The third-order valence-corrected chi connectivity index (χ3v) is 1.91. The number of rotatable bonds is 2. The number of nitrogens with zero attached hydrogens (tertiary/aromatic N) is 1. The van der Waals surface area contributed by atoms with Crippen LogP contribution in [0.2, 0.25) is 0 Å². The zero-order valence-corrected chi connectivity index (χ0v) is 7.91. The van der Waals surface area contributed by atoms with E-state index in [0.29, 0.717) is 0 Å². The maximum absolute atomic E-state index is 12.5. The molecule has 1 aromatic carbocycles. The van der Waals surface area contributed by atoms with E-state index in [2.05, 4.69) is 0 Å². The molecule has 0 unspecified atom stereocenters. The number of phenolic OH excluding ortho intramolecular Hbond substituents is 2. The first-order valence-electron chi connectivity index (χ1n) is 4.23. The molecule has 0 saturated heterocycles. The fourth-order valence-electron chi connectivity index (χ4n) is 1.22. The molecule has 0 amide bonds. The maximum atomic E-state index is 12.5. The van der Waals surface area contributed by atoms with Crippen molar-refractivity contribution >= 4 is 5.69 Å². The number of anilines is 1. The normalized spacial score (nSPS) is 11.5. The van der Waals surface area contributed by atoms with Crippen LogP contribution in [-0.2, 0) is 0 Å². The predicted octanol–water partition coefficient (Wildman–Crippen LogP) is 2.44. The first-order valence-corrected chi connectivity index (χ1v) is 4.23. The summed E-state index contributed by atoms with van der Waals surface area (Å²) in [5.41, 5.74) is -0.454. The zero-order valence-electron chi connectivity index (χ0n) is 7.91. The van der Waals surface area contributed by atoms with Crippen molar-refractivity contribution in [2.75, 3.05) is 11.4 Å². The number of hydrogen-bond donors (Lipinski definition) is 2. The van der Waals surface area contributed by atoms with Gasteiger partial charge in [0, 0.05) is 6.54 Å². The van der Waals surface area contributed by atoms with Gasteiger partial charge in [0.25, 0.3) is 0 Å². The van der Waals surface area contributed by atoms with Crippen molar-refractivity contribution in [1.29, 1.82) is 0 Å². The number of phenols is 2. The van der Waals surface area contributed by atoms with Gasteiger partial charge in [-0.1, -0.05) is 6.07 Å². The van der Waals surface area contributed by atoms with E-state index < -0.39 is 23.5 Å². The lowest BCUT2D eigenvalue weighted by atomic mass is 10.2. The second kappa shape index (κ2) is 3.88. The van der Waals surface area contributed by atoms with Crippen molar-refractivity contribution in [2.24, 2.45) is 0 Å². The molecule has 84 valence electrons. The summed E-state index contributed by atoms with van der Waals surface area (Å²) in [7, 11) is 0. The smallest absolute Gasteiger partial charge is 0.485 e. The van der Waals surface area contributed by atoms with Crippen LogP contribution in [0.1, 0.15) is 6.92 Å². The third kappa shape index (κ3) is 2.26. The molecular weight excluding hydrogens is 211 g/mol. The first-order chi connectivity index (χ1) is 6.88. The van der Waals surface area contributed by atoms with Crippen LogP contribution in [0.4, 0.5) is 18.9 Å². The lowest BCUT2D eigenvalue weighted by Gasteiger charge is -2.26. The largest absolute Gasteiger partial charge is 0.504 e. The molecule has 0 bridgehead atoms. The maximum Gasteiger partial charge on any atom is 0.485 e. The number of aromatic hydroxyl groups is 2. The van der Waals surface area contributed by atoms with Crippen molar-refractivity contribution < 1.29 is 23.4 Å². The average Bonchev–Trinajstić information content (AvgIpc) is 2.11. The van der Waals surface area contributed by atoms with Gasteiger partial charge in [-0.25, -0.2) is 0 Å². The second-order valence-electron chi connectivity index (χ2n) is 2.86. The zero-order chi connectivity index (χ0) is 11.6. The van der Waals surface area contributed by atoms with Crippen LogP contribution in [0.5, 0.6) is 11.5 Å². The molecule has 3 nitrogen and oxygen atoms in total. The van der Waals surface area contributed by atoms with Gasteiger partial charge in [-0.2, -0.15) is 13.2 Å². The average molecular weight is 221 g/mol. The number of para-hydroxylation sites is 1. The monoisotopic (exact) mass is 221 g/mol. The number of benzene rings is 1. The van der Waals surface area contributed by atoms with Gasteiger partial charge in [0.2, 0.25) is 0 Å². The summed E-state index contributed by atoms with van der Waals surface area (Å²) in [6, 6.07) is 3.44. The molecule has 0 radical (unpaired) electrons. The molecule has 1 aromatic rings. The van der Waals surface area contributed by atoms with E-state index in [-0.39, 0.29) is 11.4 Å². The Bertz CT molecular complexity index is 352. The van der Waals surface area contributed by atoms with Gasteiger partial charge < -0.3 is 10.2 Å². The molecule has 15 heavy (non-hydrogen) atoms. The summed E-state index contributed by atoms with van der Waals surface area (Å²) in [6.45, 7) is 0.956. The molecule has 0 heterocycles. The van der Waals surface area contributed by atoms with E-state index in [1.54, 1.807) is 0 Å². The van der Waals surface area contributed by atoms with Crippen LogP contribution >= 0.6 is 0 Å². The highest BCUT2D eigenvalue weighted by molar-refractivity contribution is 5.63. The van der Waals surface area contributed by atoms with E-state index in [1.807, 2.05) is 0 Å². The first kappa shape index (κ1) is 11.5. The highest BCUT2D eigenvalue weighted by Crippen LogP contribution is 2.39. The number of alkyl halides is 3. The summed E-state index contributed by atoms with van der Waals surface area (Å²) in [5, 5.41) is 18.3. The molecular formula is C9H10F3NO2. The van der Waals surface area contributed by atoms with Crippen LogP contribution in [0, 0.1) is 0 Å². The van der Waals surface area contributed by atoms with E-state index in [9.17, 15) is 18.3 Å². The molecule has 0 saturated carbocycles. The molecule has 0 fully saturated rings. The summed E-state index contributed by atoms with van der Waals surface area (Å²) in [6.07, 6.45) is -4.58. The molecule has 0 aromatic heterocycles. The molecule has 1 rings (SSSR count). The van der Waals surface area contributed by atoms with Crippen molar-refractivity contribution in [3.8, 4) is 11.5 Å². The van der Waals surface area contributed by atoms with Gasteiger partial charge in [-0.3, -0.25) is 4.90 Å². The van der Waals surface area contributed by atoms with Crippen LogP contribution in [-0.4, -0.2) is 23.1 Å². The van der Waals surface area contributed by atoms with Crippen LogP contribution in [0.25, 0.3) is 0 Å². The molecule has 0 spiro atoms. The summed E-state index contributed by atoms with van der Waals surface area (Å²) >= 11 is 0. The van der Waals surface area contributed by atoms with E-state index in [1.165, 1.54) is 13.0 Å². The summed E-state index contributed by atoms with van der Waals surface area (Å²) < 4.78 is 37.4. The minimum Gasteiger partial charge on any atom is -0.504 e. The summed E-state index contributed by atoms with van der Waals surface area (Å²) in [5.74, 6) is -1.34. The minimum atomic E-state index is -4.58. The van der Waals surface area contributed by atoms with Gasteiger partial charge in [0.1, 0.15) is 0 Å². The van der Waals surface area contributed by atoms with Crippen LogP contribution in [0.3, 0.4) is 0 Å². The molecule has 0 aliphatic rings. The van der Waals surface area contributed by atoms with Crippen molar-refractivity contribution in [2.45, 2.75) is 13.2 Å². The lowest BCUT2D eigenvalue weighted by molar-refractivity contribution is -0.128. The lowest BCUT2D eigenvalue weighted by Crippen LogP contribution is -2.37. The standard InChI is InChI=1S/C9H10F3NO2/c1-2-13(9(10,11)12)6-4-3-5-7(14)8(6)15/h3-5,14-15H,2H2,1H3. The molecule has 0 atom stereocenters. The van der Waals surface area contributed by atoms with Crippen molar-refractivity contribution in [1.82, 2.24) is 0 Å². The molecule has 2 N–H and O–H groups in total. The molecule has 0 aliphatic carbocycles. The van der Waals surface area contributed by atoms with Gasteiger partial charge in [-0.15, -0.1) is 0 Å². The summed E-state index contributed by atoms with van der Waals surface area (Å²) in [4.78, 5) is 0.0437. The number of hydrogen-bond acceptors (Lipinski definition) is 3. The Morgan fingerprint density at radius 1 is 1.27 bits per heavy atom. The molecule has 6 heteroatoms. The SMILES string of the molecule is CCN(c1cccc(O)c1O)C(F)(F)F. The fraction of sp³-hybridized carbons (Fsp3) is 0.333. The van der Waals surface area contributed by atoms with Crippen molar-refractivity contribution in [3.63, 3.8) is 0 Å². The Kier molecular flexibility index (Phi) is 2.97. The minimum absolute atomic E-state index is 0.0437. The predicted molar refractivity (Wildman–Crippen MR) is 48.8 cm³/mol. The van der Waals surface area contributed by atoms with Gasteiger partial charge in [-0.05, 0) is 19.1 Å². The third-order valence-electron chi connectivity index (χ3n) is 1.91. The Morgan fingerprint density at radius 2 is 1.87 bits per heavy atom. The highest BCUT2D eigenvalue weighted by atomic mass is 19.4. The molecule has 0 aliphatic heterocycles. The Morgan fingerprint density at radius 3 is 2.33 bits per heavy atom. The quantitative estimate of drug-likeness (QED) is 0.595. The van der Waals surface area contributed by atoms with E-state index in [4.69, 9.17) is 5.11 Å². The van der Waals surface area contributed by atoms with Crippen molar-refractivity contribution in [3.05, 3.63) is 18.2 Å². The van der Waals surface area contributed by atoms with Gasteiger partial charge in [0.05, 0.1) is 5.69 Å². The van der Waals surface area contributed by atoms with E-state index in [0.717, 1.165) is 12.1 Å². The van der Waals surface area contributed by atoms with Gasteiger partial charge >= 0.3 is 6.30 Å². The fourth-order valence-corrected chi connectivity index (χ4v) is 1.22.